The maximum Gasteiger partial charge on any atom is 0.256 e. The van der Waals surface area contributed by atoms with Gasteiger partial charge in [0.15, 0.2) is 11.5 Å². The maximum atomic E-state index is 12.4. The maximum absolute atomic E-state index is 12.4. The summed E-state index contributed by atoms with van der Waals surface area (Å²) < 4.78 is 12.5. The number of methoxy groups -OCH3 is 2. The Bertz CT molecular complexity index is 907. The number of amides is 1. The molecule has 3 rings (SSSR count). The minimum atomic E-state index is -0.235. The lowest BCUT2D eigenvalue weighted by Crippen LogP contribution is -2.16. The molecule has 1 N–H and O–H groups in total. The highest BCUT2D eigenvalue weighted by molar-refractivity contribution is 6.30. The molecule has 1 aromatic heterocycles. The van der Waals surface area contributed by atoms with E-state index in [4.69, 9.17) is 21.1 Å². The van der Waals surface area contributed by atoms with Gasteiger partial charge in [-0.05, 0) is 30.3 Å². The minimum absolute atomic E-state index is 0.235. The average Bonchev–Trinajstić information content (AvgIpc) is 3.08. The predicted octanol–water partition coefficient (Wildman–Crippen LogP) is 3.85. The van der Waals surface area contributed by atoms with Crippen LogP contribution in [0.1, 0.15) is 15.9 Å². The van der Waals surface area contributed by atoms with Crippen LogP contribution in [0.3, 0.4) is 0 Å². The summed E-state index contributed by atoms with van der Waals surface area (Å²) in [7, 11) is 3.18. The van der Waals surface area contributed by atoms with E-state index in [0.29, 0.717) is 34.4 Å². The number of hydrogen-bond donors (Lipinski definition) is 1. The molecule has 6 nitrogen and oxygen atoms in total. The first-order chi connectivity index (χ1) is 12.6. The van der Waals surface area contributed by atoms with Crippen molar-refractivity contribution in [2.45, 2.75) is 6.54 Å². The predicted molar refractivity (Wildman–Crippen MR) is 100 cm³/mol. The first kappa shape index (κ1) is 17.8. The molecule has 0 bridgehead atoms. The number of nitrogens with one attached hydrogen (secondary N) is 1. The van der Waals surface area contributed by atoms with Crippen LogP contribution in [0.4, 0.5) is 5.82 Å². The van der Waals surface area contributed by atoms with Gasteiger partial charge in [-0.15, -0.1) is 0 Å². The highest BCUT2D eigenvalue weighted by atomic mass is 35.5. The van der Waals surface area contributed by atoms with Crippen LogP contribution in [0, 0.1) is 0 Å². The third-order valence-corrected chi connectivity index (χ3v) is 4.12. The van der Waals surface area contributed by atoms with Gasteiger partial charge in [0.25, 0.3) is 5.91 Å². The highest BCUT2D eigenvalue weighted by Crippen LogP contribution is 2.31. The summed E-state index contributed by atoms with van der Waals surface area (Å²) in [5.74, 6) is 1.63. The van der Waals surface area contributed by atoms with Crippen LogP contribution in [0.25, 0.3) is 0 Å². The van der Waals surface area contributed by atoms with E-state index in [1.54, 1.807) is 55.4 Å². The number of rotatable bonds is 6. The van der Waals surface area contributed by atoms with Gasteiger partial charge < -0.3 is 14.8 Å². The van der Waals surface area contributed by atoms with E-state index < -0.39 is 0 Å². The van der Waals surface area contributed by atoms with E-state index in [-0.39, 0.29) is 5.91 Å². The van der Waals surface area contributed by atoms with E-state index in [1.807, 2.05) is 18.2 Å². The Balaban J connectivity index is 1.81. The van der Waals surface area contributed by atoms with Gasteiger partial charge in [0.05, 0.1) is 27.0 Å². The van der Waals surface area contributed by atoms with Crippen molar-refractivity contribution in [1.82, 2.24) is 9.78 Å². The quantitative estimate of drug-likeness (QED) is 0.714. The van der Waals surface area contributed by atoms with Crippen LogP contribution in [0.2, 0.25) is 5.02 Å². The number of anilines is 1. The molecule has 0 aliphatic heterocycles. The molecule has 0 spiro atoms. The Morgan fingerprint density at radius 2 is 1.88 bits per heavy atom. The molecule has 2 aromatic carbocycles. The van der Waals surface area contributed by atoms with E-state index in [0.717, 1.165) is 5.56 Å². The molecule has 134 valence electrons. The first-order valence-electron chi connectivity index (χ1n) is 7.91. The largest absolute Gasteiger partial charge is 0.493 e. The van der Waals surface area contributed by atoms with E-state index in [9.17, 15) is 4.79 Å². The van der Waals surface area contributed by atoms with Crippen LogP contribution in [-0.4, -0.2) is 29.9 Å². The monoisotopic (exact) mass is 371 g/mol. The van der Waals surface area contributed by atoms with Gasteiger partial charge >= 0.3 is 0 Å². The van der Waals surface area contributed by atoms with Gasteiger partial charge in [0.1, 0.15) is 5.82 Å². The molecule has 1 heterocycles. The second kappa shape index (κ2) is 7.93. The van der Waals surface area contributed by atoms with Crippen molar-refractivity contribution in [1.29, 1.82) is 0 Å². The van der Waals surface area contributed by atoms with Gasteiger partial charge in [-0.1, -0.05) is 23.7 Å². The lowest BCUT2D eigenvalue weighted by Gasteiger charge is -2.14. The Kier molecular flexibility index (Phi) is 5.43. The molecular weight excluding hydrogens is 354 g/mol. The number of aromatic nitrogens is 2. The van der Waals surface area contributed by atoms with Crippen molar-refractivity contribution in [2.75, 3.05) is 19.5 Å². The van der Waals surface area contributed by atoms with Gasteiger partial charge in [0.2, 0.25) is 0 Å². The van der Waals surface area contributed by atoms with Crippen LogP contribution in [-0.2, 0) is 6.54 Å². The third-order valence-electron chi connectivity index (χ3n) is 3.87. The summed E-state index contributed by atoms with van der Waals surface area (Å²) >= 11 is 5.86. The molecular formula is C19H18ClN3O3. The van der Waals surface area contributed by atoms with Gasteiger partial charge in [0, 0.05) is 22.2 Å². The van der Waals surface area contributed by atoms with Gasteiger partial charge in [-0.3, -0.25) is 4.79 Å². The molecule has 0 aliphatic carbocycles. The Hall–Kier alpha value is -2.99. The topological polar surface area (TPSA) is 65.4 Å². The van der Waals surface area contributed by atoms with E-state index >= 15 is 0 Å². The zero-order valence-electron chi connectivity index (χ0n) is 14.4. The average molecular weight is 372 g/mol. The standard InChI is InChI=1S/C19H18ClN3O3/c1-25-16-5-3-4-14(18(16)26-2)12-23-17(10-11-21-23)22-19(24)13-6-8-15(20)9-7-13/h3-11H,12H2,1-2H3,(H,22,24). The van der Waals surface area contributed by atoms with Gasteiger partial charge in [-0.25, -0.2) is 4.68 Å². The molecule has 0 radical (unpaired) electrons. The highest BCUT2D eigenvalue weighted by Gasteiger charge is 2.14. The van der Waals surface area contributed by atoms with E-state index in [2.05, 4.69) is 10.4 Å². The Labute approximate surface area is 156 Å². The SMILES string of the molecule is COc1cccc(Cn2nccc2NC(=O)c2ccc(Cl)cc2)c1OC. The molecule has 0 saturated heterocycles. The molecule has 0 atom stereocenters. The van der Waals surface area contributed by atoms with Gasteiger partial charge in [-0.2, -0.15) is 5.10 Å². The fraction of sp³-hybridized carbons (Fsp3) is 0.158. The molecule has 0 unspecified atom stereocenters. The van der Waals surface area contributed by atoms with E-state index in [1.165, 1.54) is 0 Å². The Morgan fingerprint density at radius 1 is 1.12 bits per heavy atom. The molecule has 26 heavy (non-hydrogen) atoms. The van der Waals surface area contributed by atoms with Crippen molar-refractivity contribution in [3.63, 3.8) is 0 Å². The first-order valence-corrected chi connectivity index (χ1v) is 8.28. The van der Waals surface area contributed by atoms with Crippen molar-refractivity contribution < 1.29 is 14.3 Å². The minimum Gasteiger partial charge on any atom is -0.493 e. The second-order valence-electron chi connectivity index (χ2n) is 5.49. The fourth-order valence-electron chi connectivity index (χ4n) is 2.59. The van der Waals surface area contributed by atoms with Crippen molar-refractivity contribution >= 4 is 23.3 Å². The number of para-hydroxylation sites is 1. The number of nitrogens with zero attached hydrogens (tertiary/aromatic N) is 2. The lowest BCUT2D eigenvalue weighted by molar-refractivity contribution is 0.102. The number of carbonyl (C=O) groups excluding carboxylic acids is 1. The normalized spacial score (nSPS) is 10.4. The summed E-state index contributed by atoms with van der Waals surface area (Å²) in [5.41, 5.74) is 1.40. The van der Waals surface area contributed by atoms with Crippen LogP contribution < -0.4 is 14.8 Å². The molecule has 3 aromatic rings. The lowest BCUT2D eigenvalue weighted by atomic mass is 10.2. The number of hydrogen-bond acceptors (Lipinski definition) is 4. The third kappa shape index (κ3) is 3.81. The summed E-state index contributed by atoms with van der Waals surface area (Å²) in [6, 6.07) is 14.1. The van der Waals surface area contributed by atoms with Crippen molar-refractivity contribution in [3.8, 4) is 11.5 Å². The number of halogens is 1. The molecule has 0 fully saturated rings. The number of ether oxygens (including phenoxy) is 2. The van der Waals surface area contributed by atoms with Crippen molar-refractivity contribution in [2.24, 2.45) is 0 Å². The Morgan fingerprint density at radius 3 is 2.58 bits per heavy atom. The zero-order chi connectivity index (χ0) is 18.5. The fourth-order valence-corrected chi connectivity index (χ4v) is 2.72. The summed E-state index contributed by atoms with van der Waals surface area (Å²) in [4.78, 5) is 12.4. The molecule has 0 aliphatic rings. The zero-order valence-corrected chi connectivity index (χ0v) is 15.2. The smallest absolute Gasteiger partial charge is 0.256 e. The number of carbonyl (C=O) groups is 1. The summed E-state index contributed by atoms with van der Waals surface area (Å²) in [6.07, 6.45) is 1.63. The summed E-state index contributed by atoms with van der Waals surface area (Å²) in [5, 5.41) is 7.73. The molecule has 1 amide bonds. The van der Waals surface area contributed by atoms with Crippen LogP contribution in [0.5, 0.6) is 11.5 Å². The molecule has 0 saturated carbocycles. The molecule has 7 heteroatoms. The number of benzene rings is 2. The second-order valence-corrected chi connectivity index (χ2v) is 5.92. The van der Waals surface area contributed by atoms with Crippen LogP contribution in [0.15, 0.2) is 54.7 Å². The summed E-state index contributed by atoms with van der Waals surface area (Å²) in [6.45, 7) is 0.420. The van der Waals surface area contributed by atoms with Crippen molar-refractivity contribution in [3.05, 3.63) is 70.9 Å². The van der Waals surface area contributed by atoms with Crippen LogP contribution >= 0.6 is 11.6 Å².